The number of aromatic nitrogens is 3. The van der Waals surface area contributed by atoms with Gasteiger partial charge in [0.2, 0.25) is 0 Å². The largest absolute Gasteiger partial charge is 0.380 e. The molecule has 0 aliphatic carbocycles. The standard InChI is InChI=1S/C12H12N6/c1-9(10-3-2-4-14-7-10)17-18-12(13)11-8-15-5-6-16-11/h2-8H,1H3,(H2,13,18). The fraction of sp³-hybridized carbons (Fsp3) is 0.0833. The van der Waals surface area contributed by atoms with E-state index in [0.29, 0.717) is 5.69 Å². The van der Waals surface area contributed by atoms with Crippen LogP contribution in [-0.4, -0.2) is 26.5 Å². The summed E-state index contributed by atoms with van der Waals surface area (Å²) in [5, 5.41) is 7.97. The average molecular weight is 240 g/mol. The number of nitrogens with two attached hydrogens (primary N) is 1. The second-order valence-electron chi connectivity index (χ2n) is 3.50. The third-order valence-electron chi connectivity index (χ3n) is 2.21. The molecule has 0 bridgehead atoms. The lowest BCUT2D eigenvalue weighted by Gasteiger charge is -1.98. The summed E-state index contributed by atoms with van der Waals surface area (Å²) in [6, 6.07) is 3.74. The second-order valence-corrected chi connectivity index (χ2v) is 3.50. The van der Waals surface area contributed by atoms with Crippen LogP contribution in [0.15, 0.2) is 53.3 Å². The van der Waals surface area contributed by atoms with Gasteiger partial charge in [-0.1, -0.05) is 6.07 Å². The Hall–Kier alpha value is -2.63. The summed E-state index contributed by atoms with van der Waals surface area (Å²) in [5.74, 6) is 0.228. The van der Waals surface area contributed by atoms with Gasteiger partial charge in [-0.25, -0.2) is 4.98 Å². The maximum absolute atomic E-state index is 5.75. The molecule has 0 saturated carbocycles. The topological polar surface area (TPSA) is 89.4 Å². The van der Waals surface area contributed by atoms with Crippen molar-refractivity contribution in [1.29, 1.82) is 0 Å². The maximum Gasteiger partial charge on any atom is 0.173 e. The summed E-state index contributed by atoms with van der Waals surface area (Å²) < 4.78 is 0. The van der Waals surface area contributed by atoms with E-state index in [9.17, 15) is 0 Å². The summed E-state index contributed by atoms with van der Waals surface area (Å²) in [7, 11) is 0. The lowest BCUT2D eigenvalue weighted by Crippen LogP contribution is -2.15. The molecule has 0 unspecified atom stereocenters. The number of nitrogens with zero attached hydrogens (tertiary/aromatic N) is 5. The van der Waals surface area contributed by atoms with Crippen LogP contribution in [0.5, 0.6) is 0 Å². The Morgan fingerprint density at radius 1 is 1.11 bits per heavy atom. The molecule has 18 heavy (non-hydrogen) atoms. The molecule has 0 fully saturated rings. The molecule has 2 N–H and O–H groups in total. The van der Waals surface area contributed by atoms with E-state index in [1.54, 1.807) is 24.8 Å². The van der Waals surface area contributed by atoms with Crippen molar-refractivity contribution in [1.82, 2.24) is 15.0 Å². The van der Waals surface area contributed by atoms with Crippen LogP contribution in [0.3, 0.4) is 0 Å². The molecule has 2 heterocycles. The minimum absolute atomic E-state index is 0.228. The Kier molecular flexibility index (Phi) is 3.70. The van der Waals surface area contributed by atoms with Crippen molar-refractivity contribution in [3.05, 3.63) is 54.4 Å². The fourth-order valence-electron chi connectivity index (χ4n) is 1.25. The summed E-state index contributed by atoms with van der Waals surface area (Å²) in [6.45, 7) is 1.84. The van der Waals surface area contributed by atoms with Crippen LogP contribution < -0.4 is 5.73 Å². The molecule has 6 nitrogen and oxygen atoms in total. The molecule has 0 spiro atoms. The Morgan fingerprint density at radius 2 is 1.94 bits per heavy atom. The van der Waals surface area contributed by atoms with Crippen LogP contribution in [0.2, 0.25) is 0 Å². The zero-order valence-electron chi connectivity index (χ0n) is 9.85. The normalized spacial score (nSPS) is 12.5. The molecule has 0 aliphatic rings. The summed E-state index contributed by atoms with van der Waals surface area (Å²) in [6.07, 6.45) is 8.07. The Bertz CT molecular complexity index is 508. The third kappa shape index (κ3) is 2.94. The monoisotopic (exact) mass is 240 g/mol. The van der Waals surface area contributed by atoms with Gasteiger partial charge in [0.15, 0.2) is 5.84 Å². The first kappa shape index (κ1) is 11.8. The van der Waals surface area contributed by atoms with Gasteiger partial charge in [0.25, 0.3) is 0 Å². The number of amidine groups is 1. The number of hydrogen-bond donors (Lipinski definition) is 1. The van der Waals surface area contributed by atoms with E-state index in [4.69, 9.17) is 5.73 Å². The summed E-state index contributed by atoms with van der Waals surface area (Å²) in [4.78, 5) is 11.9. The molecule has 2 aromatic rings. The molecule has 0 radical (unpaired) electrons. The lowest BCUT2D eigenvalue weighted by molar-refractivity contribution is 1.14. The average Bonchev–Trinajstić information content (AvgIpc) is 2.46. The van der Waals surface area contributed by atoms with Crippen molar-refractivity contribution < 1.29 is 0 Å². The molecule has 0 saturated heterocycles. The van der Waals surface area contributed by atoms with Gasteiger partial charge < -0.3 is 5.73 Å². The minimum atomic E-state index is 0.228. The smallest absolute Gasteiger partial charge is 0.173 e. The van der Waals surface area contributed by atoms with E-state index < -0.39 is 0 Å². The van der Waals surface area contributed by atoms with Crippen LogP contribution in [0.4, 0.5) is 0 Å². The Balaban J connectivity index is 2.20. The zero-order valence-corrected chi connectivity index (χ0v) is 9.85. The SMILES string of the molecule is CC(=NN=C(N)c1cnccn1)c1cccnc1. The highest BCUT2D eigenvalue weighted by atomic mass is 15.2. The molecule has 2 rings (SSSR count). The van der Waals surface area contributed by atoms with Gasteiger partial charge in [-0.05, 0) is 13.0 Å². The maximum atomic E-state index is 5.75. The second kappa shape index (κ2) is 5.62. The zero-order chi connectivity index (χ0) is 12.8. The minimum Gasteiger partial charge on any atom is -0.380 e. The van der Waals surface area contributed by atoms with Crippen molar-refractivity contribution >= 4 is 11.5 Å². The Labute approximate surface area is 104 Å². The van der Waals surface area contributed by atoms with Crippen LogP contribution in [0.25, 0.3) is 0 Å². The molecule has 0 aliphatic heterocycles. The van der Waals surface area contributed by atoms with Gasteiger partial charge in [-0.2, -0.15) is 5.10 Å². The summed E-state index contributed by atoms with van der Waals surface area (Å²) >= 11 is 0. The number of pyridine rings is 1. The van der Waals surface area contributed by atoms with Crippen molar-refractivity contribution in [3.8, 4) is 0 Å². The van der Waals surface area contributed by atoms with Crippen LogP contribution in [-0.2, 0) is 0 Å². The molecular formula is C12H12N6. The van der Waals surface area contributed by atoms with Crippen molar-refractivity contribution in [3.63, 3.8) is 0 Å². The predicted molar refractivity (Wildman–Crippen MR) is 69.2 cm³/mol. The lowest BCUT2D eigenvalue weighted by atomic mass is 10.2. The van der Waals surface area contributed by atoms with Crippen molar-refractivity contribution in [2.45, 2.75) is 6.92 Å². The molecular weight excluding hydrogens is 228 g/mol. The molecule has 0 amide bonds. The molecule has 0 aromatic carbocycles. The van der Waals surface area contributed by atoms with Crippen LogP contribution >= 0.6 is 0 Å². The molecule has 2 aromatic heterocycles. The number of hydrogen-bond acceptors (Lipinski definition) is 5. The van der Waals surface area contributed by atoms with E-state index in [1.165, 1.54) is 6.20 Å². The first-order chi connectivity index (χ1) is 8.77. The number of rotatable bonds is 3. The fourth-order valence-corrected chi connectivity index (χ4v) is 1.25. The highest BCUT2D eigenvalue weighted by Crippen LogP contribution is 1.99. The van der Waals surface area contributed by atoms with E-state index in [0.717, 1.165) is 11.3 Å². The Morgan fingerprint density at radius 3 is 2.61 bits per heavy atom. The van der Waals surface area contributed by atoms with Gasteiger partial charge in [0.1, 0.15) is 5.69 Å². The molecule has 6 heteroatoms. The molecule has 0 atom stereocenters. The van der Waals surface area contributed by atoms with Gasteiger partial charge in [-0.3, -0.25) is 9.97 Å². The molecule has 90 valence electrons. The van der Waals surface area contributed by atoms with E-state index in [1.807, 2.05) is 19.1 Å². The predicted octanol–water partition coefficient (Wildman–Crippen LogP) is 1.00. The third-order valence-corrected chi connectivity index (χ3v) is 2.21. The van der Waals surface area contributed by atoms with E-state index in [2.05, 4.69) is 25.2 Å². The first-order valence-corrected chi connectivity index (χ1v) is 5.32. The van der Waals surface area contributed by atoms with Crippen LogP contribution in [0.1, 0.15) is 18.2 Å². The van der Waals surface area contributed by atoms with Crippen molar-refractivity contribution in [2.24, 2.45) is 15.9 Å². The summed E-state index contributed by atoms with van der Waals surface area (Å²) in [5.41, 5.74) is 7.87. The van der Waals surface area contributed by atoms with E-state index >= 15 is 0 Å². The quantitative estimate of drug-likeness (QED) is 0.492. The van der Waals surface area contributed by atoms with Crippen molar-refractivity contribution in [2.75, 3.05) is 0 Å². The van der Waals surface area contributed by atoms with Gasteiger partial charge in [-0.15, -0.1) is 5.10 Å². The van der Waals surface area contributed by atoms with Gasteiger partial charge >= 0.3 is 0 Å². The highest BCUT2D eigenvalue weighted by Gasteiger charge is 1.99. The first-order valence-electron chi connectivity index (χ1n) is 5.32. The van der Waals surface area contributed by atoms with Gasteiger partial charge in [0, 0.05) is 30.4 Å². The van der Waals surface area contributed by atoms with Crippen LogP contribution in [0, 0.1) is 0 Å². The van der Waals surface area contributed by atoms with E-state index in [-0.39, 0.29) is 5.84 Å². The van der Waals surface area contributed by atoms with Gasteiger partial charge in [0.05, 0.1) is 11.9 Å². The highest BCUT2D eigenvalue weighted by molar-refractivity contribution is 6.00.